The molecule has 0 bridgehead atoms. The number of thioether (sulfide) groups is 1. The third-order valence-corrected chi connectivity index (χ3v) is 6.03. The topological polar surface area (TPSA) is 66.6 Å². The Kier molecular flexibility index (Phi) is 3.95. The van der Waals surface area contributed by atoms with E-state index in [4.69, 9.17) is 5.73 Å². The predicted octanol–water partition coefficient (Wildman–Crippen LogP) is 0.494. The van der Waals surface area contributed by atoms with Crippen LogP contribution in [0.3, 0.4) is 0 Å². The zero-order chi connectivity index (χ0) is 14.3. The van der Waals surface area contributed by atoms with Crippen molar-refractivity contribution in [2.24, 2.45) is 17.6 Å². The number of hydrogen-bond acceptors (Lipinski definition) is 4. The van der Waals surface area contributed by atoms with Crippen LogP contribution in [0.15, 0.2) is 0 Å². The van der Waals surface area contributed by atoms with Gasteiger partial charge in [-0.25, -0.2) is 0 Å². The van der Waals surface area contributed by atoms with Gasteiger partial charge in [0.05, 0.1) is 5.88 Å². The number of amides is 2. The molecule has 2 amide bonds. The van der Waals surface area contributed by atoms with Crippen LogP contribution in [0.1, 0.15) is 26.2 Å². The van der Waals surface area contributed by atoms with Gasteiger partial charge in [-0.05, 0) is 24.7 Å². The summed E-state index contributed by atoms with van der Waals surface area (Å²) in [5.41, 5.74) is 6.13. The lowest BCUT2D eigenvalue weighted by molar-refractivity contribution is -0.142. The lowest BCUT2D eigenvalue weighted by Gasteiger charge is -2.27. The van der Waals surface area contributed by atoms with E-state index in [-0.39, 0.29) is 23.9 Å². The summed E-state index contributed by atoms with van der Waals surface area (Å²) in [4.78, 5) is 28.3. The van der Waals surface area contributed by atoms with Gasteiger partial charge in [0.15, 0.2) is 0 Å². The fourth-order valence-corrected chi connectivity index (χ4v) is 4.97. The second-order valence-corrected chi connectivity index (χ2v) is 7.14. The monoisotopic (exact) mass is 297 g/mol. The second kappa shape index (κ2) is 5.56. The summed E-state index contributed by atoms with van der Waals surface area (Å²) in [7, 11) is 0. The first-order chi connectivity index (χ1) is 9.61. The molecule has 0 radical (unpaired) electrons. The molecular weight excluding hydrogens is 274 g/mol. The molecule has 0 aromatic carbocycles. The van der Waals surface area contributed by atoms with Gasteiger partial charge < -0.3 is 15.5 Å². The minimum Gasteiger partial charge on any atom is -0.340 e. The summed E-state index contributed by atoms with van der Waals surface area (Å²) in [5, 5.41) is 0. The van der Waals surface area contributed by atoms with Gasteiger partial charge in [-0.2, -0.15) is 0 Å². The molecule has 3 rings (SSSR count). The molecule has 20 heavy (non-hydrogen) atoms. The standard InChI is InChI=1S/C14H23N3O2S/c1-2-13(18)17-8-20-7-12(17)14(19)16-5-9-3-4-11(15)10(9)6-16/h9-12H,2-8,15H2,1H3. The van der Waals surface area contributed by atoms with E-state index in [2.05, 4.69) is 0 Å². The Morgan fingerprint density at radius 1 is 1.30 bits per heavy atom. The van der Waals surface area contributed by atoms with Crippen molar-refractivity contribution in [2.75, 3.05) is 24.7 Å². The maximum Gasteiger partial charge on any atom is 0.246 e. The Balaban J connectivity index is 1.66. The van der Waals surface area contributed by atoms with E-state index in [1.54, 1.807) is 16.7 Å². The number of likely N-dealkylation sites (tertiary alicyclic amines) is 1. The third kappa shape index (κ3) is 2.33. The molecule has 2 saturated heterocycles. The van der Waals surface area contributed by atoms with Crippen molar-refractivity contribution in [3.63, 3.8) is 0 Å². The molecule has 4 unspecified atom stereocenters. The van der Waals surface area contributed by atoms with E-state index in [9.17, 15) is 9.59 Å². The van der Waals surface area contributed by atoms with E-state index in [0.29, 0.717) is 24.1 Å². The van der Waals surface area contributed by atoms with Gasteiger partial charge in [0, 0.05) is 31.3 Å². The third-order valence-electron chi connectivity index (χ3n) is 5.01. The van der Waals surface area contributed by atoms with E-state index in [0.717, 1.165) is 31.7 Å². The van der Waals surface area contributed by atoms with Crippen LogP contribution >= 0.6 is 11.8 Å². The number of nitrogens with two attached hydrogens (primary N) is 1. The van der Waals surface area contributed by atoms with Crippen molar-refractivity contribution in [1.29, 1.82) is 0 Å². The van der Waals surface area contributed by atoms with Gasteiger partial charge in [-0.15, -0.1) is 11.8 Å². The van der Waals surface area contributed by atoms with Crippen LogP contribution in [0, 0.1) is 11.8 Å². The molecule has 0 aromatic rings. The number of hydrogen-bond donors (Lipinski definition) is 1. The number of rotatable bonds is 2. The van der Waals surface area contributed by atoms with Gasteiger partial charge >= 0.3 is 0 Å². The van der Waals surface area contributed by atoms with Crippen LogP contribution in [-0.2, 0) is 9.59 Å². The van der Waals surface area contributed by atoms with Gasteiger partial charge in [0.1, 0.15) is 6.04 Å². The Bertz CT molecular complexity index is 417. The SMILES string of the molecule is CCC(=O)N1CSCC1C(=O)N1CC2CCC(N)C2C1. The predicted molar refractivity (Wildman–Crippen MR) is 79.0 cm³/mol. The summed E-state index contributed by atoms with van der Waals surface area (Å²) in [6.45, 7) is 3.48. The highest BCUT2D eigenvalue weighted by molar-refractivity contribution is 7.99. The van der Waals surface area contributed by atoms with Crippen molar-refractivity contribution < 1.29 is 9.59 Å². The van der Waals surface area contributed by atoms with Crippen LogP contribution in [0.4, 0.5) is 0 Å². The highest BCUT2D eigenvalue weighted by Gasteiger charge is 2.45. The van der Waals surface area contributed by atoms with Crippen molar-refractivity contribution in [1.82, 2.24) is 9.80 Å². The normalized spacial score (nSPS) is 36.5. The number of fused-ring (bicyclic) bond motifs is 1. The molecule has 2 heterocycles. The first-order valence-corrected chi connectivity index (χ1v) is 8.68. The van der Waals surface area contributed by atoms with E-state index < -0.39 is 0 Å². The van der Waals surface area contributed by atoms with Crippen LogP contribution < -0.4 is 5.73 Å². The summed E-state index contributed by atoms with van der Waals surface area (Å²) in [6, 6.07) is 0.00614. The fourth-order valence-electron chi connectivity index (χ4n) is 3.79. The van der Waals surface area contributed by atoms with Crippen molar-refractivity contribution in [3.05, 3.63) is 0 Å². The van der Waals surface area contributed by atoms with Gasteiger partial charge in [0.25, 0.3) is 0 Å². The Hall–Kier alpha value is -0.750. The van der Waals surface area contributed by atoms with E-state index in [1.807, 2.05) is 11.8 Å². The molecule has 1 aliphatic carbocycles. The molecule has 0 aromatic heterocycles. The summed E-state index contributed by atoms with van der Waals surface area (Å²) >= 11 is 1.68. The highest BCUT2D eigenvalue weighted by atomic mass is 32.2. The minimum absolute atomic E-state index is 0.0874. The van der Waals surface area contributed by atoms with Crippen LogP contribution in [-0.4, -0.2) is 58.4 Å². The second-order valence-electron chi connectivity index (χ2n) is 6.14. The minimum atomic E-state index is -0.248. The zero-order valence-corrected chi connectivity index (χ0v) is 12.8. The van der Waals surface area contributed by atoms with E-state index in [1.165, 1.54) is 0 Å². The number of carbonyl (C=O) groups is 2. The molecule has 2 N–H and O–H groups in total. The molecular formula is C14H23N3O2S. The van der Waals surface area contributed by atoms with Crippen molar-refractivity contribution >= 4 is 23.6 Å². The molecule has 6 heteroatoms. The fraction of sp³-hybridized carbons (Fsp3) is 0.857. The summed E-state index contributed by atoms with van der Waals surface area (Å²) in [5.74, 6) is 2.68. The molecule has 112 valence electrons. The summed E-state index contributed by atoms with van der Waals surface area (Å²) < 4.78 is 0. The number of nitrogens with zero attached hydrogens (tertiary/aromatic N) is 2. The maximum absolute atomic E-state index is 12.7. The van der Waals surface area contributed by atoms with Crippen LogP contribution in [0.25, 0.3) is 0 Å². The first-order valence-electron chi connectivity index (χ1n) is 7.53. The van der Waals surface area contributed by atoms with Gasteiger partial charge in [0.2, 0.25) is 11.8 Å². The van der Waals surface area contributed by atoms with Gasteiger partial charge in [-0.1, -0.05) is 6.92 Å². The summed E-state index contributed by atoms with van der Waals surface area (Å²) in [6.07, 6.45) is 2.71. The molecule has 2 aliphatic heterocycles. The first kappa shape index (κ1) is 14.2. The van der Waals surface area contributed by atoms with Crippen molar-refractivity contribution in [2.45, 2.75) is 38.3 Å². The Morgan fingerprint density at radius 2 is 2.10 bits per heavy atom. The quantitative estimate of drug-likeness (QED) is 0.806. The largest absolute Gasteiger partial charge is 0.340 e. The molecule has 3 fully saturated rings. The highest BCUT2D eigenvalue weighted by Crippen LogP contribution is 2.38. The lowest BCUT2D eigenvalue weighted by Crippen LogP contribution is -2.48. The Labute approximate surface area is 124 Å². The lowest BCUT2D eigenvalue weighted by atomic mass is 9.98. The van der Waals surface area contributed by atoms with Gasteiger partial charge in [-0.3, -0.25) is 9.59 Å². The van der Waals surface area contributed by atoms with Crippen molar-refractivity contribution in [3.8, 4) is 0 Å². The number of carbonyl (C=O) groups excluding carboxylic acids is 2. The van der Waals surface area contributed by atoms with E-state index >= 15 is 0 Å². The molecule has 5 nitrogen and oxygen atoms in total. The molecule has 3 aliphatic rings. The zero-order valence-electron chi connectivity index (χ0n) is 12.0. The maximum atomic E-state index is 12.7. The smallest absolute Gasteiger partial charge is 0.246 e. The Morgan fingerprint density at radius 3 is 2.80 bits per heavy atom. The van der Waals surface area contributed by atoms with Crippen LogP contribution in [0.2, 0.25) is 0 Å². The molecule has 4 atom stereocenters. The molecule has 0 spiro atoms. The average Bonchev–Trinajstić information content (AvgIpc) is 3.14. The van der Waals surface area contributed by atoms with Crippen LogP contribution in [0.5, 0.6) is 0 Å². The molecule has 1 saturated carbocycles. The average molecular weight is 297 g/mol.